The summed E-state index contributed by atoms with van der Waals surface area (Å²) < 4.78 is 1.72. The van der Waals surface area contributed by atoms with Gasteiger partial charge in [0, 0.05) is 21.1 Å². The fourth-order valence-electron chi connectivity index (χ4n) is 1.14. The predicted molar refractivity (Wildman–Crippen MR) is 45.1 cm³/mol. The minimum Gasteiger partial charge on any atom is -0.372 e. The number of H-pyrrole nitrogens is 1. The molecule has 0 atom stereocenters. The number of hydrogen-bond acceptors (Lipinski definition) is 2. The Hall–Kier alpha value is -1.19. The predicted octanol–water partition coefficient (Wildman–Crippen LogP) is 0.0878. The number of nitrogens with one attached hydrogen (secondary N) is 1. The minimum absolute atomic E-state index is 0.0324. The number of anilines is 1. The molecular weight excluding hydrogens is 142 g/mol. The van der Waals surface area contributed by atoms with Crippen LogP contribution in [-0.2, 0) is 7.05 Å². The summed E-state index contributed by atoms with van der Waals surface area (Å²) in [5.74, 6) is 0. The standard InChI is InChI=1S/C7H13N3O/c1-5-6(9(2)3)7(11)8-10(5)4/h1-4H3,(H,8,11). The highest BCUT2D eigenvalue weighted by Gasteiger charge is 2.09. The van der Waals surface area contributed by atoms with Crippen molar-refractivity contribution in [3.8, 4) is 0 Å². The smallest absolute Gasteiger partial charge is 0.287 e. The second kappa shape index (κ2) is 2.45. The van der Waals surface area contributed by atoms with Crippen molar-refractivity contribution in [1.29, 1.82) is 0 Å². The highest BCUT2D eigenvalue weighted by Crippen LogP contribution is 2.08. The molecule has 0 saturated carbocycles. The van der Waals surface area contributed by atoms with Crippen LogP contribution in [0.2, 0.25) is 0 Å². The third-order valence-corrected chi connectivity index (χ3v) is 1.78. The zero-order valence-corrected chi connectivity index (χ0v) is 7.30. The van der Waals surface area contributed by atoms with Crippen molar-refractivity contribution in [2.24, 2.45) is 7.05 Å². The first-order valence-electron chi connectivity index (χ1n) is 3.47. The molecule has 1 rings (SSSR count). The molecule has 1 aromatic heterocycles. The van der Waals surface area contributed by atoms with E-state index in [1.54, 1.807) is 4.68 Å². The molecule has 4 nitrogen and oxygen atoms in total. The molecule has 1 heterocycles. The number of aromatic amines is 1. The first-order valence-corrected chi connectivity index (χ1v) is 3.47. The Morgan fingerprint density at radius 3 is 2.18 bits per heavy atom. The molecule has 0 spiro atoms. The quantitative estimate of drug-likeness (QED) is 0.624. The summed E-state index contributed by atoms with van der Waals surface area (Å²) in [4.78, 5) is 13.0. The highest BCUT2D eigenvalue weighted by atomic mass is 16.1. The average molecular weight is 155 g/mol. The van der Waals surface area contributed by atoms with E-state index in [9.17, 15) is 4.79 Å². The van der Waals surface area contributed by atoms with E-state index >= 15 is 0 Å². The van der Waals surface area contributed by atoms with Crippen LogP contribution in [0.25, 0.3) is 0 Å². The molecule has 0 unspecified atom stereocenters. The molecule has 0 bridgehead atoms. The van der Waals surface area contributed by atoms with Crippen molar-refractivity contribution in [1.82, 2.24) is 9.78 Å². The Bertz CT molecular complexity index is 308. The summed E-state index contributed by atoms with van der Waals surface area (Å²) in [6.07, 6.45) is 0. The Labute approximate surface area is 65.4 Å². The molecule has 1 N–H and O–H groups in total. The van der Waals surface area contributed by atoms with Gasteiger partial charge in [0.1, 0.15) is 5.69 Å². The highest BCUT2D eigenvalue weighted by molar-refractivity contribution is 5.47. The number of aromatic nitrogens is 2. The number of nitrogens with zero attached hydrogens (tertiary/aromatic N) is 2. The summed E-state index contributed by atoms with van der Waals surface area (Å²) in [7, 11) is 5.54. The number of rotatable bonds is 1. The molecule has 0 amide bonds. The maximum Gasteiger partial charge on any atom is 0.287 e. The molecule has 4 heteroatoms. The fraction of sp³-hybridized carbons (Fsp3) is 0.571. The van der Waals surface area contributed by atoms with Crippen LogP contribution in [0.1, 0.15) is 5.69 Å². The monoisotopic (exact) mass is 155 g/mol. The maximum atomic E-state index is 11.2. The van der Waals surface area contributed by atoms with Crippen molar-refractivity contribution < 1.29 is 0 Å². The molecule has 0 aliphatic carbocycles. The summed E-state index contributed by atoms with van der Waals surface area (Å²) in [5.41, 5.74) is 1.66. The number of aryl methyl sites for hydroxylation is 1. The lowest BCUT2D eigenvalue weighted by atomic mass is 10.4. The van der Waals surface area contributed by atoms with Gasteiger partial charge in [-0.15, -0.1) is 0 Å². The van der Waals surface area contributed by atoms with Gasteiger partial charge in [0.25, 0.3) is 5.56 Å². The van der Waals surface area contributed by atoms with Crippen LogP contribution in [0.15, 0.2) is 4.79 Å². The molecular formula is C7H13N3O. The zero-order chi connectivity index (χ0) is 8.59. The van der Waals surface area contributed by atoms with Crippen LogP contribution >= 0.6 is 0 Å². The molecule has 0 aliphatic rings. The van der Waals surface area contributed by atoms with E-state index in [0.29, 0.717) is 0 Å². The molecule has 0 fully saturated rings. The van der Waals surface area contributed by atoms with Crippen LogP contribution in [0, 0.1) is 6.92 Å². The van der Waals surface area contributed by atoms with Crippen LogP contribution in [0.5, 0.6) is 0 Å². The summed E-state index contributed by atoms with van der Waals surface area (Å²) in [5, 5.41) is 2.68. The zero-order valence-electron chi connectivity index (χ0n) is 7.30. The molecule has 0 saturated heterocycles. The van der Waals surface area contributed by atoms with Gasteiger partial charge < -0.3 is 4.90 Å². The summed E-state index contributed by atoms with van der Waals surface area (Å²) >= 11 is 0. The lowest BCUT2D eigenvalue weighted by Crippen LogP contribution is -2.17. The third-order valence-electron chi connectivity index (χ3n) is 1.78. The molecule has 0 aromatic carbocycles. The second-order valence-corrected chi connectivity index (χ2v) is 2.83. The van der Waals surface area contributed by atoms with Crippen LogP contribution < -0.4 is 10.5 Å². The molecule has 0 aliphatic heterocycles. The van der Waals surface area contributed by atoms with Gasteiger partial charge in [0.05, 0.1) is 5.69 Å². The number of hydrogen-bond donors (Lipinski definition) is 1. The molecule has 11 heavy (non-hydrogen) atoms. The normalized spacial score (nSPS) is 10.2. The van der Waals surface area contributed by atoms with Crippen molar-refractivity contribution in [3.63, 3.8) is 0 Å². The Balaban J connectivity index is 3.34. The van der Waals surface area contributed by atoms with Gasteiger partial charge in [-0.3, -0.25) is 14.6 Å². The Morgan fingerprint density at radius 1 is 1.45 bits per heavy atom. The van der Waals surface area contributed by atoms with E-state index in [2.05, 4.69) is 5.10 Å². The van der Waals surface area contributed by atoms with Crippen LogP contribution in [0.4, 0.5) is 5.69 Å². The Kier molecular flexibility index (Phi) is 1.76. The van der Waals surface area contributed by atoms with E-state index in [1.165, 1.54) is 0 Å². The van der Waals surface area contributed by atoms with E-state index < -0.39 is 0 Å². The average Bonchev–Trinajstić information content (AvgIpc) is 2.07. The topological polar surface area (TPSA) is 41.0 Å². The largest absolute Gasteiger partial charge is 0.372 e. The molecule has 62 valence electrons. The lowest BCUT2D eigenvalue weighted by molar-refractivity contribution is 0.731. The fourth-order valence-corrected chi connectivity index (χ4v) is 1.14. The SMILES string of the molecule is Cc1c(N(C)C)c(=O)[nH]n1C. The summed E-state index contributed by atoms with van der Waals surface area (Å²) in [6.45, 7) is 1.91. The first-order chi connectivity index (χ1) is 5.04. The van der Waals surface area contributed by atoms with Gasteiger partial charge in [-0.05, 0) is 6.92 Å². The minimum atomic E-state index is -0.0324. The van der Waals surface area contributed by atoms with Gasteiger partial charge in [-0.1, -0.05) is 0 Å². The van der Waals surface area contributed by atoms with E-state index in [-0.39, 0.29) is 5.56 Å². The third kappa shape index (κ3) is 1.15. The molecule has 1 aromatic rings. The summed E-state index contributed by atoms with van der Waals surface area (Å²) in [6, 6.07) is 0. The van der Waals surface area contributed by atoms with Gasteiger partial charge >= 0.3 is 0 Å². The van der Waals surface area contributed by atoms with Gasteiger partial charge in [0.2, 0.25) is 0 Å². The van der Waals surface area contributed by atoms with Crippen LogP contribution in [-0.4, -0.2) is 23.9 Å². The van der Waals surface area contributed by atoms with Crippen molar-refractivity contribution in [2.45, 2.75) is 6.92 Å². The van der Waals surface area contributed by atoms with Gasteiger partial charge in [-0.2, -0.15) is 0 Å². The lowest BCUT2D eigenvalue weighted by Gasteiger charge is -2.09. The second-order valence-electron chi connectivity index (χ2n) is 2.83. The first kappa shape index (κ1) is 7.91. The van der Waals surface area contributed by atoms with Crippen LogP contribution in [0.3, 0.4) is 0 Å². The van der Waals surface area contributed by atoms with E-state index in [1.807, 2.05) is 33.0 Å². The van der Waals surface area contributed by atoms with Gasteiger partial charge in [-0.25, -0.2) is 0 Å². The van der Waals surface area contributed by atoms with Gasteiger partial charge in [0.15, 0.2) is 0 Å². The van der Waals surface area contributed by atoms with E-state index in [0.717, 1.165) is 11.4 Å². The van der Waals surface area contributed by atoms with Crippen molar-refractivity contribution >= 4 is 5.69 Å². The Morgan fingerprint density at radius 2 is 2.00 bits per heavy atom. The molecule has 0 radical (unpaired) electrons. The van der Waals surface area contributed by atoms with E-state index in [4.69, 9.17) is 0 Å². The maximum absolute atomic E-state index is 11.2. The van der Waals surface area contributed by atoms with Crippen molar-refractivity contribution in [2.75, 3.05) is 19.0 Å². The van der Waals surface area contributed by atoms with Crippen molar-refractivity contribution in [3.05, 3.63) is 16.0 Å².